The van der Waals surface area contributed by atoms with E-state index in [0.29, 0.717) is 10.6 Å². The number of ketones is 1. The lowest BCUT2D eigenvalue weighted by Crippen LogP contribution is -2.08. The summed E-state index contributed by atoms with van der Waals surface area (Å²) in [6.45, 7) is 0. The molecular weight excluding hydrogens is 296 g/mol. The van der Waals surface area contributed by atoms with Crippen molar-refractivity contribution in [2.75, 3.05) is 19.0 Å². The first-order valence-corrected chi connectivity index (χ1v) is 7.09. The Morgan fingerprint density at radius 3 is 2.32 bits per heavy atom. The van der Waals surface area contributed by atoms with Crippen LogP contribution in [0.15, 0.2) is 54.1 Å². The van der Waals surface area contributed by atoms with E-state index in [4.69, 9.17) is 11.6 Å². The van der Waals surface area contributed by atoms with Crippen LogP contribution in [0.3, 0.4) is 0 Å². The molecule has 0 aromatic heterocycles. The highest BCUT2D eigenvalue weighted by molar-refractivity contribution is 6.35. The number of carbonyl (C=O) groups is 1. The van der Waals surface area contributed by atoms with E-state index in [-0.39, 0.29) is 11.4 Å². The van der Waals surface area contributed by atoms with Gasteiger partial charge >= 0.3 is 0 Å². The van der Waals surface area contributed by atoms with Gasteiger partial charge in [0.25, 0.3) is 0 Å². The highest BCUT2D eigenvalue weighted by Crippen LogP contribution is 2.20. The molecule has 4 heteroatoms. The Morgan fingerprint density at radius 2 is 1.77 bits per heavy atom. The van der Waals surface area contributed by atoms with Gasteiger partial charge in [-0.1, -0.05) is 35.9 Å². The van der Waals surface area contributed by atoms with Crippen LogP contribution in [-0.2, 0) is 0 Å². The van der Waals surface area contributed by atoms with Gasteiger partial charge in [-0.25, -0.2) is 0 Å². The first-order valence-electron chi connectivity index (χ1n) is 6.71. The molecule has 110 valence electrons. The predicted octanol–water partition coefficient (Wildman–Crippen LogP) is 4.20. The Kier molecular flexibility index (Phi) is 4.98. The fraction of sp³-hybridized carbons (Fsp3) is 0.111. The van der Waals surface area contributed by atoms with Crippen molar-refractivity contribution < 1.29 is 4.79 Å². The number of nitrogens with zero attached hydrogens (tertiary/aromatic N) is 2. The van der Waals surface area contributed by atoms with Gasteiger partial charge in [-0.15, -0.1) is 0 Å². The summed E-state index contributed by atoms with van der Waals surface area (Å²) < 4.78 is 0. The molecule has 0 unspecified atom stereocenters. The Labute approximate surface area is 135 Å². The number of nitriles is 1. The van der Waals surface area contributed by atoms with E-state index in [1.54, 1.807) is 30.3 Å². The number of carbonyl (C=O) groups excluding carboxylic acids is 1. The van der Waals surface area contributed by atoms with Crippen molar-refractivity contribution in [2.45, 2.75) is 0 Å². The van der Waals surface area contributed by atoms with Gasteiger partial charge in [-0.3, -0.25) is 4.79 Å². The standard InChI is InChI=1S/C18H15ClN2O/c1-21(2)15-9-7-13(8-10-15)11-14(12-20)18(22)16-5-3-4-6-17(16)19/h3-11H,1-2H3/b14-11+. The van der Waals surface area contributed by atoms with Crippen molar-refractivity contribution in [2.24, 2.45) is 0 Å². The zero-order chi connectivity index (χ0) is 16.1. The zero-order valence-corrected chi connectivity index (χ0v) is 13.1. The van der Waals surface area contributed by atoms with Crippen molar-refractivity contribution in [1.29, 1.82) is 5.26 Å². The number of rotatable bonds is 4. The lowest BCUT2D eigenvalue weighted by atomic mass is 10.0. The summed E-state index contributed by atoms with van der Waals surface area (Å²) in [7, 11) is 3.90. The van der Waals surface area contributed by atoms with Crippen LogP contribution in [0.25, 0.3) is 6.08 Å². The SMILES string of the molecule is CN(C)c1ccc(/C=C(\C#N)C(=O)c2ccccc2Cl)cc1. The second-order valence-corrected chi connectivity index (χ2v) is 5.37. The van der Waals surface area contributed by atoms with E-state index >= 15 is 0 Å². The van der Waals surface area contributed by atoms with Crippen LogP contribution < -0.4 is 4.90 Å². The highest BCUT2D eigenvalue weighted by atomic mass is 35.5. The molecule has 22 heavy (non-hydrogen) atoms. The molecular formula is C18H15ClN2O. The van der Waals surface area contributed by atoms with E-state index in [9.17, 15) is 10.1 Å². The summed E-state index contributed by atoms with van der Waals surface area (Å²) in [5.74, 6) is -0.371. The van der Waals surface area contributed by atoms with Crippen LogP contribution in [0.5, 0.6) is 0 Å². The zero-order valence-electron chi connectivity index (χ0n) is 12.4. The van der Waals surface area contributed by atoms with Crippen molar-refractivity contribution in [1.82, 2.24) is 0 Å². The minimum absolute atomic E-state index is 0.0608. The van der Waals surface area contributed by atoms with E-state index in [2.05, 4.69) is 0 Å². The molecule has 0 aliphatic carbocycles. The molecule has 0 atom stereocenters. The fourth-order valence-electron chi connectivity index (χ4n) is 1.97. The number of allylic oxidation sites excluding steroid dienone is 1. The number of Topliss-reactive ketones (excluding diaryl/α,β-unsaturated/α-hetero) is 1. The largest absolute Gasteiger partial charge is 0.378 e. The van der Waals surface area contributed by atoms with Gasteiger partial charge in [0.1, 0.15) is 11.6 Å². The van der Waals surface area contributed by atoms with E-state index in [1.165, 1.54) is 0 Å². The molecule has 0 fully saturated rings. The van der Waals surface area contributed by atoms with Crippen LogP contribution in [0.1, 0.15) is 15.9 Å². The quantitative estimate of drug-likeness (QED) is 0.483. The summed E-state index contributed by atoms with van der Waals surface area (Å²) in [5.41, 5.74) is 2.24. The maximum Gasteiger partial charge on any atom is 0.205 e. The Balaban J connectivity index is 2.34. The van der Waals surface area contributed by atoms with Gasteiger partial charge < -0.3 is 4.90 Å². The first kappa shape index (κ1) is 15.8. The highest BCUT2D eigenvalue weighted by Gasteiger charge is 2.14. The summed E-state index contributed by atoms with van der Waals surface area (Å²) >= 11 is 6.02. The summed E-state index contributed by atoms with van der Waals surface area (Å²) in [4.78, 5) is 14.4. The third kappa shape index (κ3) is 3.55. The normalized spacial score (nSPS) is 10.9. The Morgan fingerprint density at radius 1 is 1.14 bits per heavy atom. The number of hydrogen-bond acceptors (Lipinski definition) is 3. The Bertz CT molecular complexity index is 755. The molecule has 0 bridgehead atoms. The lowest BCUT2D eigenvalue weighted by Gasteiger charge is -2.11. The van der Waals surface area contributed by atoms with Gasteiger partial charge in [0.15, 0.2) is 0 Å². The predicted molar refractivity (Wildman–Crippen MR) is 90.1 cm³/mol. The smallest absolute Gasteiger partial charge is 0.205 e. The third-order valence-corrected chi connectivity index (χ3v) is 3.53. The maximum atomic E-state index is 12.4. The molecule has 3 nitrogen and oxygen atoms in total. The summed E-state index contributed by atoms with van der Waals surface area (Å²) in [5, 5.41) is 9.61. The molecule has 0 saturated carbocycles. The van der Waals surface area contributed by atoms with Crippen molar-refractivity contribution in [3.63, 3.8) is 0 Å². The van der Waals surface area contributed by atoms with E-state index < -0.39 is 0 Å². The van der Waals surface area contributed by atoms with Gasteiger partial charge in [0.2, 0.25) is 5.78 Å². The third-order valence-electron chi connectivity index (χ3n) is 3.20. The van der Waals surface area contributed by atoms with E-state index in [0.717, 1.165) is 11.3 Å². The number of halogens is 1. The molecule has 2 rings (SSSR count). The molecule has 0 saturated heterocycles. The monoisotopic (exact) mass is 310 g/mol. The fourth-order valence-corrected chi connectivity index (χ4v) is 2.20. The molecule has 0 amide bonds. The molecule has 0 heterocycles. The second kappa shape index (κ2) is 6.93. The van der Waals surface area contributed by atoms with Crippen LogP contribution >= 0.6 is 11.6 Å². The molecule has 0 aliphatic heterocycles. The van der Waals surface area contributed by atoms with Gasteiger partial charge in [-0.05, 0) is 35.9 Å². The average Bonchev–Trinajstić information content (AvgIpc) is 2.53. The minimum atomic E-state index is -0.371. The number of hydrogen-bond donors (Lipinski definition) is 0. The maximum absolute atomic E-state index is 12.4. The summed E-state index contributed by atoms with van der Waals surface area (Å²) in [6, 6.07) is 16.3. The van der Waals surface area contributed by atoms with Crippen LogP contribution in [0.4, 0.5) is 5.69 Å². The summed E-state index contributed by atoms with van der Waals surface area (Å²) in [6.07, 6.45) is 1.57. The van der Waals surface area contributed by atoms with Crippen LogP contribution in [0.2, 0.25) is 5.02 Å². The van der Waals surface area contributed by atoms with Gasteiger partial charge in [0, 0.05) is 25.3 Å². The average molecular weight is 311 g/mol. The topological polar surface area (TPSA) is 44.1 Å². The second-order valence-electron chi connectivity index (χ2n) is 4.96. The van der Waals surface area contributed by atoms with Crippen LogP contribution in [-0.4, -0.2) is 19.9 Å². The van der Waals surface area contributed by atoms with E-state index in [1.807, 2.05) is 49.3 Å². The van der Waals surface area contributed by atoms with Gasteiger partial charge in [0.05, 0.1) is 5.02 Å². The molecule has 2 aromatic carbocycles. The number of benzene rings is 2. The molecule has 0 radical (unpaired) electrons. The number of anilines is 1. The van der Waals surface area contributed by atoms with Crippen molar-refractivity contribution in [3.8, 4) is 6.07 Å². The minimum Gasteiger partial charge on any atom is -0.378 e. The Hall–Kier alpha value is -2.57. The molecule has 0 spiro atoms. The molecule has 0 N–H and O–H groups in total. The molecule has 2 aromatic rings. The lowest BCUT2D eigenvalue weighted by molar-refractivity contribution is 0.104. The first-order chi connectivity index (χ1) is 10.5. The van der Waals surface area contributed by atoms with Crippen molar-refractivity contribution >= 4 is 29.1 Å². The van der Waals surface area contributed by atoms with Gasteiger partial charge in [-0.2, -0.15) is 5.26 Å². The van der Waals surface area contributed by atoms with Crippen molar-refractivity contribution in [3.05, 3.63) is 70.3 Å². The van der Waals surface area contributed by atoms with Crippen LogP contribution in [0, 0.1) is 11.3 Å². The molecule has 0 aliphatic rings.